The molecule has 5 nitrogen and oxygen atoms in total. The fourth-order valence-electron chi connectivity index (χ4n) is 1.52. The third-order valence-electron chi connectivity index (χ3n) is 2.49. The number of likely N-dealkylation sites (N-methyl/N-ethyl adjacent to an activating group) is 1. The quantitative estimate of drug-likeness (QED) is 0.616. The molecule has 0 atom stereocenters. The van der Waals surface area contributed by atoms with Crippen LogP contribution in [0, 0.1) is 0 Å². The van der Waals surface area contributed by atoms with Crippen molar-refractivity contribution < 1.29 is 14.3 Å². The lowest BCUT2D eigenvalue weighted by molar-refractivity contribution is -0.121. The van der Waals surface area contributed by atoms with Gasteiger partial charge < -0.3 is 10.1 Å². The minimum absolute atomic E-state index is 0.269. The number of carbonyl (C=O) groups is 2. The minimum atomic E-state index is -0.413. The Bertz CT molecular complexity index is 508. The summed E-state index contributed by atoms with van der Waals surface area (Å²) in [6, 6.07) is 6.82. The molecule has 1 aromatic rings. The minimum Gasteiger partial charge on any atom is -0.497 e. The van der Waals surface area contributed by atoms with Gasteiger partial charge in [-0.25, -0.2) is 4.79 Å². The van der Waals surface area contributed by atoms with Crippen molar-refractivity contribution in [2.45, 2.75) is 0 Å². The Hall–Kier alpha value is -2.30. The van der Waals surface area contributed by atoms with Crippen molar-refractivity contribution in [2.24, 2.45) is 0 Å². The maximum atomic E-state index is 11.6. The first kappa shape index (κ1) is 11.2. The second kappa shape index (κ2) is 4.29. The summed E-state index contributed by atoms with van der Waals surface area (Å²) in [5.41, 5.74) is 1.06. The number of hydrogen-bond donors (Lipinski definition) is 1. The fraction of sp³-hybridized carbons (Fsp3) is 0.167. The van der Waals surface area contributed by atoms with Crippen LogP contribution < -0.4 is 10.1 Å². The molecule has 0 saturated carbocycles. The highest BCUT2D eigenvalue weighted by atomic mass is 16.5. The van der Waals surface area contributed by atoms with E-state index in [1.165, 1.54) is 7.05 Å². The predicted molar refractivity (Wildman–Crippen MR) is 62.3 cm³/mol. The van der Waals surface area contributed by atoms with Crippen LogP contribution in [-0.2, 0) is 4.79 Å². The SMILES string of the molecule is COc1cccc(/C=C2\NC(=O)N(C)C2=O)c1. The first-order valence-corrected chi connectivity index (χ1v) is 5.06. The first-order chi connectivity index (χ1) is 8.11. The molecular weight excluding hydrogens is 220 g/mol. The summed E-state index contributed by atoms with van der Waals surface area (Å²) in [4.78, 5) is 23.9. The molecule has 0 aliphatic carbocycles. The average molecular weight is 232 g/mol. The first-order valence-electron chi connectivity index (χ1n) is 5.06. The monoisotopic (exact) mass is 232 g/mol. The lowest BCUT2D eigenvalue weighted by atomic mass is 10.2. The number of benzene rings is 1. The molecule has 1 aliphatic heterocycles. The van der Waals surface area contributed by atoms with Gasteiger partial charge in [-0.15, -0.1) is 0 Å². The van der Waals surface area contributed by atoms with Gasteiger partial charge in [-0.05, 0) is 23.8 Å². The van der Waals surface area contributed by atoms with Crippen molar-refractivity contribution in [1.82, 2.24) is 10.2 Å². The standard InChI is InChI=1S/C12H12N2O3/c1-14-11(15)10(13-12(14)16)7-8-4-3-5-9(6-8)17-2/h3-7H,1-2H3,(H,13,16)/b10-7-. The maximum Gasteiger partial charge on any atom is 0.328 e. The van der Waals surface area contributed by atoms with Gasteiger partial charge in [0, 0.05) is 7.05 Å². The fourth-order valence-corrected chi connectivity index (χ4v) is 1.52. The predicted octanol–water partition coefficient (Wildman–Crippen LogP) is 1.22. The molecule has 1 N–H and O–H groups in total. The largest absolute Gasteiger partial charge is 0.497 e. The lowest BCUT2D eigenvalue weighted by Crippen LogP contribution is -2.25. The molecule has 0 spiro atoms. The lowest BCUT2D eigenvalue weighted by Gasteiger charge is -2.01. The van der Waals surface area contributed by atoms with Crippen LogP contribution >= 0.6 is 0 Å². The molecule has 1 fully saturated rings. The molecule has 0 unspecified atom stereocenters. The van der Waals surface area contributed by atoms with Crippen LogP contribution in [0.2, 0.25) is 0 Å². The van der Waals surface area contributed by atoms with E-state index in [4.69, 9.17) is 4.74 Å². The van der Waals surface area contributed by atoms with Gasteiger partial charge in [0.2, 0.25) is 0 Å². The molecule has 1 aliphatic rings. The summed E-state index contributed by atoms with van der Waals surface area (Å²) < 4.78 is 5.08. The smallest absolute Gasteiger partial charge is 0.328 e. The zero-order valence-corrected chi connectivity index (χ0v) is 9.56. The highest BCUT2D eigenvalue weighted by Crippen LogP contribution is 2.17. The van der Waals surface area contributed by atoms with E-state index in [2.05, 4.69) is 5.32 Å². The van der Waals surface area contributed by atoms with E-state index in [1.54, 1.807) is 19.3 Å². The van der Waals surface area contributed by atoms with Crippen LogP contribution in [0.15, 0.2) is 30.0 Å². The van der Waals surface area contributed by atoms with Gasteiger partial charge in [0.25, 0.3) is 5.91 Å². The topological polar surface area (TPSA) is 58.6 Å². The van der Waals surface area contributed by atoms with Crippen molar-refractivity contribution in [3.63, 3.8) is 0 Å². The summed E-state index contributed by atoms with van der Waals surface area (Å²) in [5, 5.41) is 2.50. The van der Waals surface area contributed by atoms with Crippen molar-refractivity contribution in [1.29, 1.82) is 0 Å². The molecule has 5 heteroatoms. The van der Waals surface area contributed by atoms with Gasteiger partial charge in [0.1, 0.15) is 11.4 Å². The van der Waals surface area contributed by atoms with E-state index < -0.39 is 6.03 Å². The third kappa shape index (κ3) is 2.13. The van der Waals surface area contributed by atoms with Crippen LogP contribution in [0.5, 0.6) is 5.75 Å². The number of rotatable bonds is 2. The van der Waals surface area contributed by atoms with E-state index in [1.807, 2.05) is 18.2 Å². The molecule has 17 heavy (non-hydrogen) atoms. The molecule has 0 radical (unpaired) electrons. The molecule has 1 saturated heterocycles. The molecular formula is C12H12N2O3. The molecule has 1 aromatic carbocycles. The van der Waals surface area contributed by atoms with E-state index in [0.29, 0.717) is 5.75 Å². The normalized spacial score (nSPS) is 17.5. The number of nitrogens with zero attached hydrogens (tertiary/aromatic N) is 1. The second-order valence-electron chi connectivity index (χ2n) is 3.63. The number of hydrogen-bond acceptors (Lipinski definition) is 3. The van der Waals surface area contributed by atoms with Crippen molar-refractivity contribution in [3.05, 3.63) is 35.5 Å². The van der Waals surface area contributed by atoms with Crippen LogP contribution in [0.3, 0.4) is 0 Å². The van der Waals surface area contributed by atoms with Crippen molar-refractivity contribution in [3.8, 4) is 5.75 Å². The van der Waals surface area contributed by atoms with E-state index in [0.717, 1.165) is 10.5 Å². The van der Waals surface area contributed by atoms with Crippen LogP contribution in [-0.4, -0.2) is 31.0 Å². The Morgan fingerprint density at radius 3 is 2.71 bits per heavy atom. The van der Waals surface area contributed by atoms with E-state index >= 15 is 0 Å². The van der Waals surface area contributed by atoms with Gasteiger partial charge in [0.05, 0.1) is 7.11 Å². The van der Waals surface area contributed by atoms with Crippen LogP contribution in [0.4, 0.5) is 4.79 Å². The van der Waals surface area contributed by atoms with Gasteiger partial charge >= 0.3 is 6.03 Å². The number of nitrogens with one attached hydrogen (secondary N) is 1. The third-order valence-corrected chi connectivity index (χ3v) is 2.49. The van der Waals surface area contributed by atoms with Crippen molar-refractivity contribution in [2.75, 3.05) is 14.2 Å². The summed E-state index contributed by atoms with van der Waals surface area (Å²) in [5.74, 6) is 0.363. The van der Waals surface area contributed by atoms with Gasteiger partial charge in [-0.2, -0.15) is 0 Å². The summed E-state index contributed by atoms with van der Waals surface area (Å²) in [6.07, 6.45) is 1.62. The number of urea groups is 1. The van der Waals surface area contributed by atoms with Crippen LogP contribution in [0.1, 0.15) is 5.56 Å². The molecule has 2 rings (SSSR count). The number of amides is 3. The highest BCUT2D eigenvalue weighted by molar-refractivity contribution is 6.13. The number of methoxy groups -OCH3 is 1. The zero-order valence-electron chi connectivity index (χ0n) is 9.56. The van der Waals surface area contributed by atoms with Crippen LogP contribution in [0.25, 0.3) is 6.08 Å². The maximum absolute atomic E-state index is 11.6. The number of ether oxygens (including phenoxy) is 1. The van der Waals surface area contributed by atoms with E-state index in [-0.39, 0.29) is 11.6 Å². The summed E-state index contributed by atoms with van der Waals surface area (Å²) >= 11 is 0. The Morgan fingerprint density at radius 1 is 1.35 bits per heavy atom. The van der Waals surface area contributed by atoms with Gasteiger partial charge in [-0.1, -0.05) is 12.1 Å². The number of imide groups is 1. The van der Waals surface area contributed by atoms with Gasteiger partial charge in [0.15, 0.2) is 0 Å². The molecule has 1 heterocycles. The highest BCUT2D eigenvalue weighted by Gasteiger charge is 2.29. The Kier molecular flexibility index (Phi) is 2.82. The second-order valence-corrected chi connectivity index (χ2v) is 3.63. The van der Waals surface area contributed by atoms with Gasteiger partial charge in [-0.3, -0.25) is 9.69 Å². The molecule has 88 valence electrons. The number of carbonyl (C=O) groups excluding carboxylic acids is 2. The average Bonchev–Trinajstić information content (AvgIpc) is 2.57. The molecule has 0 aromatic heterocycles. The van der Waals surface area contributed by atoms with E-state index in [9.17, 15) is 9.59 Å². The molecule has 3 amide bonds. The zero-order chi connectivity index (χ0) is 12.4. The van der Waals surface area contributed by atoms with Crippen molar-refractivity contribution >= 4 is 18.0 Å². The summed E-state index contributed by atoms with van der Waals surface area (Å²) in [7, 11) is 3.01. The molecule has 0 bridgehead atoms. The Morgan fingerprint density at radius 2 is 2.12 bits per heavy atom. The Labute approximate surface area is 98.7 Å². The summed E-state index contributed by atoms with van der Waals surface area (Å²) in [6.45, 7) is 0. The Balaban J connectivity index is 2.30.